The van der Waals surface area contributed by atoms with E-state index in [0.29, 0.717) is 12.6 Å². The fourth-order valence-electron chi connectivity index (χ4n) is 4.70. The molecule has 5 nitrogen and oxygen atoms in total. The lowest BCUT2D eigenvalue weighted by atomic mass is 10.0. The average molecular weight is 482 g/mol. The molecule has 1 atom stereocenters. The number of rotatable bonds is 7. The number of nitrogens with one attached hydrogen (secondary N) is 1. The molecule has 0 saturated carbocycles. The van der Waals surface area contributed by atoms with Gasteiger partial charge in [0.05, 0.1) is 18.2 Å². The summed E-state index contributed by atoms with van der Waals surface area (Å²) in [6.07, 6.45) is 3.29. The van der Waals surface area contributed by atoms with Gasteiger partial charge >= 0.3 is 0 Å². The monoisotopic (exact) mass is 481 g/mol. The number of fused-ring (bicyclic) bond motifs is 2. The second-order valence-corrected chi connectivity index (χ2v) is 10.1. The van der Waals surface area contributed by atoms with E-state index >= 15 is 0 Å². The number of para-hydroxylation sites is 1. The first-order chi connectivity index (χ1) is 16.1. The predicted octanol–water partition coefficient (Wildman–Crippen LogP) is 5.40. The summed E-state index contributed by atoms with van der Waals surface area (Å²) in [7, 11) is 1.65. The number of methoxy groups -OCH3 is 1. The largest absolute Gasteiger partial charge is 0.494 e. The Morgan fingerprint density at radius 1 is 1.15 bits per heavy atom. The first-order valence-corrected chi connectivity index (χ1v) is 12.5. The minimum atomic E-state index is -0.565. The fraction of sp³-hybridized carbons (Fsp3) is 0.346. The molecule has 172 valence electrons. The highest BCUT2D eigenvalue weighted by molar-refractivity contribution is 7.19. The molecule has 33 heavy (non-hydrogen) atoms. The topological polar surface area (TPSA) is 57.6 Å². The molecule has 2 aromatic carbocycles. The Balaban J connectivity index is 1.17. The van der Waals surface area contributed by atoms with E-state index in [1.54, 1.807) is 24.6 Å². The Hall–Kier alpha value is -2.22. The van der Waals surface area contributed by atoms with Gasteiger partial charge in [0, 0.05) is 45.7 Å². The molecule has 0 aliphatic carbocycles. The van der Waals surface area contributed by atoms with Crippen molar-refractivity contribution in [2.24, 2.45) is 0 Å². The van der Waals surface area contributed by atoms with Crippen molar-refractivity contribution in [1.82, 2.24) is 15.2 Å². The molecule has 0 radical (unpaired) electrons. The Morgan fingerprint density at radius 3 is 2.73 bits per heavy atom. The summed E-state index contributed by atoms with van der Waals surface area (Å²) in [5.41, 5.74) is 1.69. The van der Waals surface area contributed by atoms with Crippen molar-refractivity contribution in [1.29, 1.82) is 0 Å². The van der Waals surface area contributed by atoms with Gasteiger partial charge in [-0.05, 0) is 49.7 Å². The number of β-amino-alcohol motifs (C(OH)–C–C–N with tert-alkyl or cyclic N) is 1. The second kappa shape index (κ2) is 9.95. The molecule has 0 bridgehead atoms. The zero-order valence-corrected chi connectivity index (χ0v) is 20.2. The number of halogens is 1. The van der Waals surface area contributed by atoms with E-state index in [1.807, 2.05) is 30.3 Å². The first kappa shape index (κ1) is 22.6. The molecule has 4 aromatic rings. The molecular weight excluding hydrogens is 454 g/mol. The standard InChI is InChI=1S/C26H28ClN3O2S/c1-32-22-7-4-6-19-18(9-12-28-26(19)22)21(31)16-30-13-10-17(11-14-30)29-15-24-25(27)20-5-2-3-8-23(20)33-24/h2-9,12,17,21,29,31H,10-11,13-16H2,1H3/t21-/m0/s1. The average Bonchev–Trinajstić information content (AvgIpc) is 3.18. The number of aliphatic hydroxyl groups excluding tert-OH is 1. The molecule has 1 saturated heterocycles. The lowest BCUT2D eigenvalue weighted by Crippen LogP contribution is -2.43. The van der Waals surface area contributed by atoms with E-state index in [-0.39, 0.29) is 0 Å². The van der Waals surface area contributed by atoms with Crippen LogP contribution in [0.15, 0.2) is 54.7 Å². The van der Waals surface area contributed by atoms with Crippen LogP contribution in [0.1, 0.15) is 29.4 Å². The number of piperidine rings is 1. The second-order valence-electron chi connectivity index (χ2n) is 8.56. The Kier molecular flexibility index (Phi) is 6.81. The van der Waals surface area contributed by atoms with E-state index in [1.165, 1.54) is 9.58 Å². The third-order valence-electron chi connectivity index (χ3n) is 6.52. The summed E-state index contributed by atoms with van der Waals surface area (Å²) in [4.78, 5) is 8.00. The van der Waals surface area contributed by atoms with Crippen LogP contribution in [0.2, 0.25) is 5.02 Å². The molecule has 2 aromatic heterocycles. The van der Waals surface area contributed by atoms with E-state index < -0.39 is 6.10 Å². The quantitative estimate of drug-likeness (QED) is 0.370. The highest BCUT2D eigenvalue weighted by atomic mass is 35.5. The smallest absolute Gasteiger partial charge is 0.145 e. The van der Waals surface area contributed by atoms with Crippen LogP contribution in [0.4, 0.5) is 0 Å². The van der Waals surface area contributed by atoms with Gasteiger partial charge in [0.2, 0.25) is 0 Å². The van der Waals surface area contributed by atoms with Crippen molar-refractivity contribution in [3.63, 3.8) is 0 Å². The van der Waals surface area contributed by atoms with Gasteiger partial charge in [0.1, 0.15) is 11.3 Å². The number of likely N-dealkylation sites (tertiary alicyclic amines) is 1. The summed E-state index contributed by atoms with van der Waals surface area (Å²) >= 11 is 8.37. The molecule has 5 rings (SSSR count). The molecule has 1 aliphatic rings. The van der Waals surface area contributed by atoms with Crippen molar-refractivity contribution in [2.75, 3.05) is 26.7 Å². The Bertz CT molecular complexity index is 1250. The highest BCUT2D eigenvalue weighted by Gasteiger charge is 2.23. The Labute approximate surface area is 203 Å². The van der Waals surface area contributed by atoms with Crippen LogP contribution < -0.4 is 10.1 Å². The maximum atomic E-state index is 11.0. The fourth-order valence-corrected chi connectivity index (χ4v) is 6.15. The van der Waals surface area contributed by atoms with Crippen LogP contribution in [0.5, 0.6) is 5.75 Å². The van der Waals surface area contributed by atoms with Crippen LogP contribution >= 0.6 is 22.9 Å². The van der Waals surface area contributed by atoms with Gasteiger partial charge in [0.15, 0.2) is 0 Å². The zero-order valence-electron chi connectivity index (χ0n) is 18.6. The van der Waals surface area contributed by atoms with Crippen LogP contribution in [0.3, 0.4) is 0 Å². The molecule has 1 aliphatic heterocycles. The number of ether oxygens (including phenoxy) is 1. The summed E-state index contributed by atoms with van der Waals surface area (Å²) in [5.74, 6) is 0.729. The number of nitrogens with zero attached hydrogens (tertiary/aromatic N) is 2. The number of hydrogen-bond acceptors (Lipinski definition) is 6. The van der Waals surface area contributed by atoms with E-state index in [0.717, 1.165) is 65.1 Å². The summed E-state index contributed by atoms with van der Waals surface area (Å²) in [6, 6.07) is 16.5. The van der Waals surface area contributed by atoms with Gasteiger partial charge in [-0.25, -0.2) is 0 Å². The molecule has 3 heterocycles. The van der Waals surface area contributed by atoms with E-state index in [9.17, 15) is 5.11 Å². The Morgan fingerprint density at radius 2 is 1.94 bits per heavy atom. The number of aliphatic hydroxyl groups is 1. The minimum absolute atomic E-state index is 0.464. The number of hydrogen-bond donors (Lipinski definition) is 2. The lowest BCUT2D eigenvalue weighted by molar-refractivity contribution is 0.0949. The van der Waals surface area contributed by atoms with Gasteiger partial charge < -0.3 is 20.1 Å². The van der Waals surface area contributed by atoms with Crippen LogP contribution in [-0.4, -0.2) is 47.8 Å². The van der Waals surface area contributed by atoms with Crippen molar-refractivity contribution in [2.45, 2.75) is 31.5 Å². The van der Waals surface area contributed by atoms with E-state index in [2.05, 4.69) is 33.4 Å². The van der Waals surface area contributed by atoms with Crippen molar-refractivity contribution in [3.8, 4) is 5.75 Å². The maximum absolute atomic E-state index is 11.0. The molecule has 7 heteroatoms. The summed E-state index contributed by atoms with van der Waals surface area (Å²) in [6.45, 7) is 3.34. The maximum Gasteiger partial charge on any atom is 0.145 e. The SMILES string of the molecule is COc1cccc2c([C@@H](O)CN3CCC(NCc4sc5ccccc5c4Cl)CC3)ccnc12. The van der Waals surface area contributed by atoms with Crippen LogP contribution in [0, 0.1) is 0 Å². The molecule has 0 amide bonds. The molecular formula is C26H28ClN3O2S. The van der Waals surface area contributed by atoms with Crippen LogP contribution in [0.25, 0.3) is 21.0 Å². The van der Waals surface area contributed by atoms with Crippen molar-refractivity contribution in [3.05, 3.63) is 70.2 Å². The number of pyridine rings is 1. The summed E-state index contributed by atoms with van der Waals surface area (Å²) < 4.78 is 6.67. The van der Waals surface area contributed by atoms with Gasteiger partial charge in [0.25, 0.3) is 0 Å². The molecule has 0 unspecified atom stereocenters. The minimum Gasteiger partial charge on any atom is -0.494 e. The third-order valence-corrected chi connectivity index (χ3v) is 8.23. The molecule has 0 spiro atoms. The third kappa shape index (κ3) is 4.72. The zero-order chi connectivity index (χ0) is 22.8. The molecule has 1 fully saturated rings. The van der Waals surface area contributed by atoms with Gasteiger partial charge in [-0.2, -0.15) is 0 Å². The lowest BCUT2D eigenvalue weighted by Gasteiger charge is -2.33. The predicted molar refractivity (Wildman–Crippen MR) is 136 cm³/mol. The van der Waals surface area contributed by atoms with Gasteiger partial charge in [-0.15, -0.1) is 11.3 Å². The first-order valence-electron chi connectivity index (χ1n) is 11.4. The van der Waals surface area contributed by atoms with E-state index in [4.69, 9.17) is 16.3 Å². The van der Waals surface area contributed by atoms with Crippen molar-refractivity contribution >= 4 is 43.9 Å². The number of thiophene rings is 1. The highest BCUT2D eigenvalue weighted by Crippen LogP contribution is 2.35. The normalized spacial score (nSPS) is 16.5. The van der Waals surface area contributed by atoms with Gasteiger partial charge in [-0.3, -0.25) is 4.98 Å². The summed E-state index contributed by atoms with van der Waals surface area (Å²) in [5, 5.41) is 17.7. The molecule has 2 N–H and O–H groups in total. The van der Waals surface area contributed by atoms with Crippen LogP contribution in [-0.2, 0) is 6.54 Å². The number of aromatic nitrogens is 1. The number of benzene rings is 2. The van der Waals surface area contributed by atoms with Gasteiger partial charge in [-0.1, -0.05) is 41.9 Å². The van der Waals surface area contributed by atoms with Crippen molar-refractivity contribution < 1.29 is 9.84 Å².